The molecule has 1 aliphatic rings. The maximum atomic E-state index is 12.4. The molecule has 0 bridgehead atoms. The van der Waals surface area contributed by atoms with Gasteiger partial charge in [-0.3, -0.25) is 4.79 Å². The van der Waals surface area contributed by atoms with E-state index in [0.717, 1.165) is 29.0 Å². The summed E-state index contributed by atoms with van der Waals surface area (Å²) < 4.78 is 2.04. The Morgan fingerprint density at radius 3 is 2.96 bits per heavy atom. The maximum Gasteiger partial charge on any atom is 0.233 e. The number of nitrogens with one attached hydrogen (secondary N) is 1. The highest BCUT2D eigenvalue weighted by molar-refractivity contribution is 8.00. The number of aromatic nitrogens is 2. The van der Waals surface area contributed by atoms with Crippen LogP contribution >= 0.6 is 11.8 Å². The Labute approximate surface area is 146 Å². The first kappa shape index (κ1) is 16.8. The van der Waals surface area contributed by atoms with Crippen molar-refractivity contribution in [3.05, 3.63) is 24.3 Å². The van der Waals surface area contributed by atoms with Gasteiger partial charge in [0.15, 0.2) is 5.16 Å². The van der Waals surface area contributed by atoms with Crippen molar-refractivity contribution in [2.24, 2.45) is 0 Å². The number of rotatable bonds is 6. The third kappa shape index (κ3) is 3.73. The van der Waals surface area contributed by atoms with Crippen molar-refractivity contribution in [1.29, 1.82) is 5.26 Å². The van der Waals surface area contributed by atoms with E-state index in [1.807, 2.05) is 35.8 Å². The van der Waals surface area contributed by atoms with Gasteiger partial charge in [-0.1, -0.05) is 36.7 Å². The van der Waals surface area contributed by atoms with Gasteiger partial charge in [0.2, 0.25) is 5.91 Å². The van der Waals surface area contributed by atoms with Gasteiger partial charge in [0.25, 0.3) is 0 Å². The summed E-state index contributed by atoms with van der Waals surface area (Å²) in [5.41, 5.74) is 1.92. The van der Waals surface area contributed by atoms with Crippen LogP contribution in [0.4, 0.5) is 0 Å². The number of thioether (sulfide) groups is 1. The number of hydrogen-bond acceptors (Lipinski definition) is 4. The largest absolute Gasteiger partial charge is 0.352 e. The van der Waals surface area contributed by atoms with Crippen LogP contribution in [0.1, 0.15) is 39.0 Å². The third-order valence-electron chi connectivity index (χ3n) is 4.42. The van der Waals surface area contributed by atoms with Crippen molar-refractivity contribution < 1.29 is 4.79 Å². The van der Waals surface area contributed by atoms with E-state index in [0.29, 0.717) is 19.0 Å². The van der Waals surface area contributed by atoms with E-state index in [1.165, 1.54) is 24.6 Å². The highest BCUT2D eigenvalue weighted by Gasteiger charge is 2.23. The fourth-order valence-corrected chi connectivity index (χ4v) is 4.08. The van der Waals surface area contributed by atoms with Crippen molar-refractivity contribution in [3.63, 3.8) is 0 Å². The Balaban J connectivity index is 1.75. The lowest BCUT2D eigenvalue weighted by Crippen LogP contribution is -2.37. The van der Waals surface area contributed by atoms with Crippen molar-refractivity contribution in [2.45, 2.75) is 62.0 Å². The van der Waals surface area contributed by atoms with E-state index in [4.69, 9.17) is 5.26 Å². The number of aryl methyl sites for hydroxylation is 1. The van der Waals surface area contributed by atoms with Gasteiger partial charge in [0.05, 0.1) is 28.8 Å². The Kier molecular flexibility index (Phi) is 5.41. The molecule has 3 rings (SSSR count). The second kappa shape index (κ2) is 7.71. The smallest absolute Gasteiger partial charge is 0.233 e. The number of imidazole rings is 1. The summed E-state index contributed by atoms with van der Waals surface area (Å²) in [6.45, 7) is 2.51. The van der Waals surface area contributed by atoms with Gasteiger partial charge >= 0.3 is 0 Å². The molecule has 1 unspecified atom stereocenters. The van der Waals surface area contributed by atoms with Crippen LogP contribution in [0.2, 0.25) is 0 Å². The molecule has 1 aromatic heterocycles. The first-order valence-corrected chi connectivity index (χ1v) is 9.36. The van der Waals surface area contributed by atoms with E-state index >= 15 is 0 Å². The normalized spacial score (nSPS) is 16.2. The Bertz CT molecular complexity index is 758. The Morgan fingerprint density at radius 1 is 1.46 bits per heavy atom. The van der Waals surface area contributed by atoms with Crippen LogP contribution in [-0.4, -0.2) is 26.8 Å². The Morgan fingerprint density at radius 2 is 2.21 bits per heavy atom. The molecule has 1 heterocycles. The average Bonchev–Trinajstić information content (AvgIpc) is 3.20. The van der Waals surface area contributed by atoms with Gasteiger partial charge in [-0.25, -0.2) is 4.98 Å². The first-order chi connectivity index (χ1) is 11.7. The molecular formula is C18H22N4OS. The van der Waals surface area contributed by atoms with E-state index in [2.05, 4.69) is 16.4 Å². The summed E-state index contributed by atoms with van der Waals surface area (Å²) >= 11 is 1.47. The molecule has 24 heavy (non-hydrogen) atoms. The SMILES string of the molecule is CC(Sc1nc2ccccc2n1CCC#N)C(=O)NC1CCCC1. The monoisotopic (exact) mass is 342 g/mol. The third-order valence-corrected chi connectivity index (χ3v) is 5.51. The lowest BCUT2D eigenvalue weighted by atomic mass is 10.2. The lowest BCUT2D eigenvalue weighted by Gasteiger charge is -2.16. The van der Waals surface area contributed by atoms with Gasteiger partial charge in [-0.05, 0) is 31.9 Å². The van der Waals surface area contributed by atoms with E-state index in [1.54, 1.807) is 0 Å². The number of carbonyl (C=O) groups is 1. The zero-order chi connectivity index (χ0) is 16.9. The standard InChI is InChI=1S/C18H22N4OS/c1-13(17(23)20-14-7-2-3-8-14)24-18-21-15-9-4-5-10-16(15)22(18)12-6-11-19/h4-5,9-10,13-14H,2-3,6-8,12H2,1H3,(H,20,23). The van der Waals surface area contributed by atoms with Crippen LogP contribution in [0.5, 0.6) is 0 Å². The highest BCUT2D eigenvalue weighted by atomic mass is 32.2. The zero-order valence-electron chi connectivity index (χ0n) is 13.9. The molecule has 1 N–H and O–H groups in total. The summed E-state index contributed by atoms with van der Waals surface area (Å²) in [7, 11) is 0. The fraction of sp³-hybridized carbons (Fsp3) is 0.500. The second-order valence-corrected chi connectivity index (χ2v) is 7.50. The molecule has 6 heteroatoms. The summed E-state index contributed by atoms with van der Waals surface area (Å²) in [4.78, 5) is 17.1. The fourth-order valence-electron chi connectivity index (χ4n) is 3.12. The maximum absolute atomic E-state index is 12.4. The minimum absolute atomic E-state index is 0.0748. The van der Waals surface area contributed by atoms with Crippen molar-refractivity contribution >= 4 is 28.7 Å². The van der Waals surface area contributed by atoms with Gasteiger partial charge in [-0.15, -0.1) is 0 Å². The number of carbonyl (C=O) groups excluding carboxylic acids is 1. The van der Waals surface area contributed by atoms with E-state index in [-0.39, 0.29) is 11.2 Å². The molecule has 1 amide bonds. The first-order valence-electron chi connectivity index (χ1n) is 8.48. The number of para-hydroxylation sites is 2. The quantitative estimate of drug-likeness (QED) is 0.816. The summed E-state index contributed by atoms with van der Waals surface area (Å²) in [6, 6.07) is 10.4. The molecule has 0 saturated heterocycles. The minimum Gasteiger partial charge on any atom is -0.352 e. The predicted molar refractivity (Wildman–Crippen MR) is 95.7 cm³/mol. The van der Waals surface area contributed by atoms with E-state index in [9.17, 15) is 4.79 Å². The van der Waals surface area contributed by atoms with Crippen molar-refractivity contribution in [3.8, 4) is 6.07 Å². The zero-order valence-corrected chi connectivity index (χ0v) is 14.7. The molecule has 1 atom stereocenters. The van der Waals surface area contributed by atoms with Crippen LogP contribution in [0.3, 0.4) is 0 Å². The number of benzene rings is 1. The number of amides is 1. The van der Waals surface area contributed by atoms with E-state index < -0.39 is 0 Å². The summed E-state index contributed by atoms with van der Waals surface area (Å²) in [6.07, 6.45) is 5.01. The number of nitriles is 1. The van der Waals surface area contributed by atoms with Crippen LogP contribution in [0.25, 0.3) is 11.0 Å². The van der Waals surface area contributed by atoms with Crippen LogP contribution in [-0.2, 0) is 11.3 Å². The van der Waals surface area contributed by atoms with Crippen LogP contribution in [0, 0.1) is 11.3 Å². The minimum atomic E-state index is -0.205. The molecule has 0 aliphatic heterocycles. The average molecular weight is 342 g/mol. The Hall–Kier alpha value is -2.00. The van der Waals surface area contributed by atoms with Gasteiger partial charge in [-0.2, -0.15) is 5.26 Å². The van der Waals surface area contributed by atoms with Crippen LogP contribution < -0.4 is 5.32 Å². The molecule has 0 radical (unpaired) electrons. The predicted octanol–water partition coefficient (Wildman–Crippen LogP) is 3.49. The highest BCUT2D eigenvalue weighted by Crippen LogP contribution is 2.28. The van der Waals surface area contributed by atoms with Crippen molar-refractivity contribution in [2.75, 3.05) is 0 Å². The molecule has 2 aromatic rings. The molecule has 1 aliphatic carbocycles. The summed E-state index contributed by atoms with van der Waals surface area (Å²) in [5.74, 6) is 0.0748. The molecule has 5 nitrogen and oxygen atoms in total. The molecule has 1 aromatic carbocycles. The number of hydrogen-bond donors (Lipinski definition) is 1. The molecule has 1 saturated carbocycles. The topological polar surface area (TPSA) is 70.7 Å². The summed E-state index contributed by atoms with van der Waals surface area (Å²) in [5, 5.41) is 12.6. The number of nitrogens with zero attached hydrogens (tertiary/aromatic N) is 3. The lowest BCUT2D eigenvalue weighted by molar-refractivity contribution is -0.120. The van der Waals surface area contributed by atoms with Gasteiger partial charge in [0.1, 0.15) is 0 Å². The number of fused-ring (bicyclic) bond motifs is 1. The molecule has 0 spiro atoms. The van der Waals surface area contributed by atoms with Gasteiger partial charge < -0.3 is 9.88 Å². The second-order valence-electron chi connectivity index (χ2n) is 6.19. The van der Waals surface area contributed by atoms with Crippen LogP contribution in [0.15, 0.2) is 29.4 Å². The van der Waals surface area contributed by atoms with Gasteiger partial charge in [0, 0.05) is 12.6 Å². The molecule has 1 fully saturated rings. The molecule has 126 valence electrons. The van der Waals surface area contributed by atoms with Crippen molar-refractivity contribution in [1.82, 2.24) is 14.9 Å². The molecular weight excluding hydrogens is 320 g/mol.